The molecule has 4 heterocycles. The molecule has 2 fully saturated rings. The number of rotatable bonds is 4. The summed E-state index contributed by atoms with van der Waals surface area (Å²) < 4.78 is 13.4. The van der Waals surface area contributed by atoms with Crippen molar-refractivity contribution in [3.8, 4) is 11.3 Å². The molecule has 0 N–H and O–H groups in total. The van der Waals surface area contributed by atoms with Crippen LogP contribution in [-0.2, 0) is 27.4 Å². The van der Waals surface area contributed by atoms with Crippen molar-refractivity contribution < 1.29 is 19.1 Å². The average Bonchev–Trinajstić information content (AvgIpc) is 3.54. The molecule has 2 aromatic carbocycles. The fraction of sp³-hybridized carbons (Fsp3) is 0.370. The molecule has 2 saturated heterocycles. The topological polar surface area (TPSA) is 76.9 Å². The van der Waals surface area contributed by atoms with Gasteiger partial charge < -0.3 is 14.4 Å². The summed E-state index contributed by atoms with van der Waals surface area (Å²) in [4.78, 5) is 29.5. The fourth-order valence-electron chi connectivity index (χ4n) is 5.13. The van der Waals surface area contributed by atoms with Crippen molar-refractivity contribution >= 4 is 17.6 Å². The van der Waals surface area contributed by atoms with Crippen molar-refractivity contribution in [3.05, 3.63) is 71.8 Å². The number of aryl methyl sites for hydroxylation is 1. The Morgan fingerprint density at radius 1 is 0.943 bits per heavy atom. The van der Waals surface area contributed by atoms with Gasteiger partial charge in [0.2, 0.25) is 5.91 Å². The van der Waals surface area contributed by atoms with Gasteiger partial charge in [-0.2, -0.15) is 5.10 Å². The second-order valence-electron chi connectivity index (χ2n) is 9.30. The van der Waals surface area contributed by atoms with Crippen LogP contribution in [0.2, 0.25) is 0 Å². The summed E-state index contributed by atoms with van der Waals surface area (Å²) >= 11 is 0. The van der Waals surface area contributed by atoms with Crippen LogP contribution in [0.25, 0.3) is 11.3 Å². The van der Waals surface area contributed by atoms with E-state index < -0.39 is 5.79 Å². The van der Waals surface area contributed by atoms with Gasteiger partial charge in [0.25, 0.3) is 5.91 Å². The molecular formula is C27H28N4O4. The van der Waals surface area contributed by atoms with Gasteiger partial charge in [-0.15, -0.1) is 0 Å². The van der Waals surface area contributed by atoms with E-state index in [4.69, 9.17) is 14.6 Å². The summed E-state index contributed by atoms with van der Waals surface area (Å²) in [6.45, 7) is 3.52. The number of hydrogen-bond acceptors (Lipinski definition) is 5. The summed E-state index contributed by atoms with van der Waals surface area (Å²) in [5.74, 6) is 0.410. The summed E-state index contributed by atoms with van der Waals surface area (Å²) in [6.07, 6.45) is 1.82. The Bertz CT molecular complexity index is 1220. The van der Waals surface area contributed by atoms with E-state index in [1.807, 2.05) is 70.2 Å². The number of aromatic nitrogens is 2. The monoisotopic (exact) mass is 472 g/mol. The number of carbonyl (C=O) groups is 2. The molecule has 1 aromatic heterocycles. The van der Waals surface area contributed by atoms with Gasteiger partial charge in [0, 0.05) is 49.5 Å². The zero-order valence-electron chi connectivity index (χ0n) is 19.6. The predicted octanol–water partition coefficient (Wildman–Crippen LogP) is 3.47. The minimum absolute atomic E-state index is 0.0176. The van der Waals surface area contributed by atoms with Crippen LogP contribution in [0.4, 0.5) is 5.82 Å². The highest BCUT2D eigenvalue weighted by molar-refractivity contribution is 5.95. The van der Waals surface area contributed by atoms with Gasteiger partial charge in [-0.05, 0) is 17.7 Å². The third kappa shape index (κ3) is 4.24. The molecule has 0 radical (unpaired) electrons. The van der Waals surface area contributed by atoms with E-state index in [2.05, 4.69) is 0 Å². The maximum absolute atomic E-state index is 13.0. The lowest BCUT2D eigenvalue weighted by molar-refractivity contribution is -0.181. The number of hydrogen-bond donors (Lipinski definition) is 0. The minimum atomic E-state index is -0.492. The summed E-state index contributed by atoms with van der Waals surface area (Å²) in [5, 5.41) is 4.72. The minimum Gasteiger partial charge on any atom is -0.347 e. The Hall–Kier alpha value is -3.49. The van der Waals surface area contributed by atoms with Crippen molar-refractivity contribution in [1.29, 1.82) is 0 Å². The molecule has 2 amide bonds. The van der Waals surface area contributed by atoms with E-state index in [0.717, 1.165) is 22.6 Å². The first-order valence-corrected chi connectivity index (χ1v) is 12.2. The highest BCUT2D eigenvalue weighted by Crippen LogP contribution is 2.32. The number of carbonyl (C=O) groups excluding carboxylic acids is 2. The van der Waals surface area contributed by atoms with Crippen molar-refractivity contribution in [2.75, 3.05) is 31.2 Å². The first-order chi connectivity index (χ1) is 17.1. The Morgan fingerprint density at radius 2 is 1.66 bits per heavy atom. The van der Waals surface area contributed by atoms with Crippen LogP contribution in [-0.4, -0.2) is 58.6 Å². The van der Waals surface area contributed by atoms with Gasteiger partial charge in [-0.25, -0.2) is 4.68 Å². The van der Waals surface area contributed by atoms with E-state index in [-0.39, 0.29) is 11.8 Å². The van der Waals surface area contributed by atoms with E-state index >= 15 is 0 Å². The first kappa shape index (κ1) is 22.0. The highest BCUT2D eigenvalue weighted by atomic mass is 16.7. The van der Waals surface area contributed by atoms with Gasteiger partial charge in [0.1, 0.15) is 5.82 Å². The molecule has 8 heteroatoms. The Labute approximate surface area is 204 Å². The summed E-state index contributed by atoms with van der Waals surface area (Å²) in [5.41, 5.74) is 3.51. The van der Waals surface area contributed by atoms with Crippen LogP contribution in [0.15, 0.2) is 60.7 Å². The smallest absolute Gasteiger partial charge is 0.253 e. The van der Waals surface area contributed by atoms with E-state index in [0.29, 0.717) is 64.2 Å². The van der Waals surface area contributed by atoms with Gasteiger partial charge >= 0.3 is 0 Å². The van der Waals surface area contributed by atoms with Crippen molar-refractivity contribution in [1.82, 2.24) is 14.7 Å². The van der Waals surface area contributed by atoms with Gasteiger partial charge in [-0.1, -0.05) is 42.5 Å². The molecule has 3 aromatic rings. The van der Waals surface area contributed by atoms with Crippen molar-refractivity contribution in [2.45, 2.75) is 38.1 Å². The molecule has 0 saturated carbocycles. The Morgan fingerprint density at radius 3 is 2.37 bits per heavy atom. The highest BCUT2D eigenvalue weighted by Gasteiger charge is 2.40. The lowest BCUT2D eigenvalue weighted by Gasteiger charge is -2.37. The molecule has 6 rings (SSSR count). The number of nitrogens with zero attached hydrogens (tertiary/aromatic N) is 4. The Kier molecular flexibility index (Phi) is 5.62. The molecule has 0 bridgehead atoms. The largest absolute Gasteiger partial charge is 0.347 e. The standard InChI is InChI=1S/C27H28N4O4/c32-25-10-13-31-24(18-23(28-31)21-4-2-1-3-5-21)30(25)19-20-6-8-22(9-7-20)26(33)29-14-11-27(12-15-29)34-16-17-35-27/h1-9,18H,10-17,19H2. The molecule has 3 aliphatic heterocycles. The van der Waals surface area contributed by atoms with Crippen LogP contribution < -0.4 is 4.90 Å². The lowest BCUT2D eigenvalue weighted by atomic mass is 10.0. The number of fused-ring (bicyclic) bond motifs is 1. The van der Waals surface area contributed by atoms with Crippen LogP contribution in [0, 0.1) is 0 Å². The zero-order valence-corrected chi connectivity index (χ0v) is 19.6. The van der Waals surface area contributed by atoms with E-state index in [1.54, 1.807) is 4.90 Å². The maximum atomic E-state index is 13.0. The number of likely N-dealkylation sites (tertiary alicyclic amines) is 1. The number of anilines is 1. The van der Waals surface area contributed by atoms with Gasteiger partial charge in [0.05, 0.1) is 32.0 Å². The lowest BCUT2D eigenvalue weighted by Crippen LogP contribution is -2.47. The normalized spacial score (nSPS) is 19.3. The third-order valence-corrected chi connectivity index (χ3v) is 7.11. The second-order valence-corrected chi connectivity index (χ2v) is 9.30. The fourth-order valence-corrected chi connectivity index (χ4v) is 5.13. The SMILES string of the molecule is O=C(c1ccc(CN2C(=O)CCn3nc(-c4ccccc4)cc32)cc1)N1CCC2(CC1)OCCO2. The average molecular weight is 473 g/mol. The summed E-state index contributed by atoms with van der Waals surface area (Å²) in [7, 11) is 0. The quantitative estimate of drug-likeness (QED) is 0.581. The Balaban J connectivity index is 1.15. The first-order valence-electron chi connectivity index (χ1n) is 12.2. The molecule has 35 heavy (non-hydrogen) atoms. The number of ether oxygens (including phenoxy) is 2. The van der Waals surface area contributed by atoms with E-state index in [1.165, 1.54) is 0 Å². The van der Waals surface area contributed by atoms with E-state index in [9.17, 15) is 9.59 Å². The summed E-state index contributed by atoms with van der Waals surface area (Å²) in [6, 6.07) is 19.5. The molecule has 0 unspecified atom stereocenters. The number of amides is 2. The second kappa shape index (κ2) is 8.94. The molecule has 180 valence electrons. The molecule has 8 nitrogen and oxygen atoms in total. The molecule has 1 spiro atoms. The van der Waals surface area contributed by atoms with Crippen LogP contribution in [0.1, 0.15) is 35.2 Å². The number of benzene rings is 2. The van der Waals surface area contributed by atoms with Gasteiger partial charge in [0.15, 0.2) is 5.79 Å². The molecule has 3 aliphatic rings. The van der Waals surface area contributed by atoms with Crippen LogP contribution in [0.3, 0.4) is 0 Å². The predicted molar refractivity (Wildman–Crippen MR) is 130 cm³/mol. The van der Waals surface area contributed by atoms with Crippen molar-refractivity contribution in [2.24, 2.45) is 0 Å². The molecule has 0 atom stereocenters. The van der Waals surface area contributed by atoms with Gasteiger partial charge in [-0.3, -0.25) is 14.5 Å². The van der Waals surface area contributed by atoms with Crippen molar-refractivity contribution in [3.63, 3.8) is 0 Å². The molecule has 0 aliphatic carbocycles. The maximum Gasteiger partial charge on any atom is 0.253 e. The third-order valence-electron chi connectivity index (χ3n) is 7.11. The zero-order chi connectivity index (χ0) is 23.8. The van der Waals surface area contributed by atoms with Crippen LogP contribution in [0.5, 0.6) is 0 Å². The number of piperidine rings is 1. The molecular weight excluding hydrogens is 444 g/mol. The van der Waals surface area contributed by atoms with Crippen LogP contribution >= 0.6 is 0 Å².